The van der Waals surface area contributed by atoms with Gasteiger partial charge in [-0.2, -0.15) is 0 Å². The zero-order chi connectivity index (χ0) is 31.8. The van der Waals surface area contributed by atoms with Crippen molar-refractivity contribution in [2.45, 2.75) is 5.41 Å². The molecule has 0 radical (unpaired) electrons. The number of fused-ring (bicyclic) bond motifs is 10. The predicted molar refractivity (Wildman–Crippen MR) is 194 cm³/mol. The monoisotopic (exact) mass is 615 g/mol. The molecule has 1 aliphatic heterocycles. The SMILES string of the molecule is Nc1cccc2c1-c1cc(-c3ccc(-c4nc5ccccc5n4-c4ccccc4)cc3)ccc1C21c2ccccc2Oc2ccccc21. The molecule has 7 aromatic carbocycles. The molecule has 1 spiro atoms. The highest BCUT2D eigenvalue weighted by atomic mass is 16.5. The second kappa shape index (κ2) is 10.1. The number of nitrogens with two attached hydrogens (primary N) is 1. The van der Waals surface area contributed by atoms with Crippen LogP contribution in [0.2, 0.25) is 0 Å². The summed E-state index contributed by atoms with van der Waals surface area (Å²) in [4.78, 5) is 5.07. The first-order valence-electron chi connectivity index (χ1n) is 16.3. The molecule has 2 aliphatic rings. The minimum atomic E-state index is -0.537. The van der Waals surface area contributed by atoms with Gasteiger partial charge < -0.3 is 10.5 Å². The Bertz CT molecular complexity index is 2500. The van der Waals surface area contributed by atoms with E-state index in [0.717, 1.165) is 78.7 Å². The van der Waals surface area contributed by atoms with Crippen LogP contribution in [0.1, 0.15) is 22.3 Å². The van der Waals surface area contributed by atoms with E-state index in [2.05, 4.69) is 138 Å². The van der Waals surface area contributed by atoms with Gasteiger partial charge >= 0.3 is 0 Å². The number of nitrogen functional groups attached to an aromatic ring is 1. The van der Waals surface area contributed by atoms with Crippen LogP contribution in [0.4, 0.5) is 5.69 Å². The molecular weight excluding hydrogens is 587 g/mol. The zero-order valence-electron chi connectivity index (χ0n) is 26.0. The van der Waals surface area contributed by atoms with Crippen LogP contribution in [0, 0.1) is 0 Å². The molecule has 0 saturated carbocycles. The van der Waals surface area contributed by atoms with Crippen molar-refractivity contribution in [3.8, 4) is 50.8 Å². The highest BCUT2D eigenvalue weighted by Gasteiger charge is 2.51. The van der Waals surface area contributed by atoms with Gasteiger partial charge in [-0.3, -0.25) is 4.57 Å². The summed E-state index contributed by atoms with van der Waals surface area (Å²) >= 11 is 0. The average molecular weight is 616 g/mol. The second-order valence-electron chi connectivity index (χ2n) is 12.5. The predicted octanol–water partition coefficient (Wildman–Crippen LogP) is 10.4. The lowest BCUT2D eigenvalue weighted by Crippen LogP contribution is -2.32. The topological polar surface area (TPSA) is 53.1 Å². The summed E-state index contributed by atoms with van der Waals surface area (Å²) in [5.41, 5.74) is 20.5. The van der Waals surface area contributed by atoms with Gasteiger partial charge in [0.15, 0.2) is 0 Å². The summed E-state index contributed by atoms with van der Waals surface area (Å²) < 4.78 is 8.72. The van der Waals surface area contributed by atoms with Gasteiger partial charge in [-0.25, -0.2) is 4.98 Å². The zero-order valence-corrected chi connectivity index (χ0v) is 26.0. The van der Waals surface area contributed by atoms with Crippen molar-refractivity contribution >= 4 is 16.7 Å². The molecule has 1 aromatic heterocycles. The first-order valence-corrected chi connectivity index (χ1v) is 16.3. The van der Waals surface area contributed by atoms with Gasteiger partial charge in [0.1, 0.15) is 17.3 Å². The number of hydrogen-bond donors (Lipinski definition) is 1. The Morgan fingerprint density at radius 2 is 1.15 bits per heavy atom. The number of aromatic nitrogens is 2. The molecule has 0 amide bonds. The molecule has 0 saturated heterocycles. The molecular formula is C44H29N3O. The Kier molecular flexibility index (Phi) is 5.61. The maximum atomic E-state index is 6.84. The van der Waals surface area contributed by atoms with Gasteiger partial charge in [0.05, 0.1) is 16.4 Å². The summed E-state index contributed by atoms with van der Waals surface area (Å²) in [5, 5.41) is 0. The van der Waals surface area contributed by atoms with E-state index in [1.165, 1.54) is 11.1 Å². The number of ether oxygens (including phenoxy) is 1. The number of hydrogen-bond acceptors (Lipinski definition) is 3. The van der Waals surface area contributed by atoms with E-state index in [1.807, 2.05) is 30.3 Å². The van der Waals surface area contributed by atoms with Crippen molar-refractivity contribution in [2.75, 3.05) is 5.73 Å². The van der Waals surface area contributed by atoms with Crippen molar-refractivity contribution in [3.63, 3.8) is 0 Å². The van der Waals surface area contributed by atoms with Crippen molar-refractivity contribution in [1.82, 2.24) is 9.55 Å². The van der Waals surface area contributed by atoms with Gasteiger partial charge in [-0.1, -0.05) is 115 Å². The van der Waals surface area contributed by atoms with Crippen LogP contribution in [0.25, 0.3) is 50.4 Å². The Balaban J connectivity index is 1.14. The molecule has 0 bridgehead atoms. The molecule has 226 valence electrons. The quantitative estimate of drug-likeness (QED) is 0.201. The van der Waals surface area contributed by atoms with Gasteiger partial charge in [-0.15, -0.1) is 0 Å². The molecule has 48 heavy (non-hydrogen) atoms. The molecule has 0 unspecified atom stereocenters. The van der Waals surface area contributed by atoms with Crippen LogP contribution in [0.3, 0.4) is 0 Å². The molecule has 4 heteroatoms. The van der Waals surface area contributed by atoms with E-state index in [0.29, 0.717) is 0 Å². The van der Waals surface area contributed by atoms with E-state index in [9.17, 15) is 0 Å². The number of para-hydroxylation sites is 5. The van der Waals surface area contributed by atoms with Crippen molar-refractivity contribution in [3.05, 3.63) is 186 Å². The number of rotatable bonds is 3. The van der Waals surface area contributed by atoms with E-state index >= 15 is 0 Å². The van der Waals surface area contributed by atoms with Crippen LogP contribution < -0.4 is 10.5 Å². The third-order valence-electron chi connectivity index (χ3n) is 10.0. The molecule has 1 aliphatic carbocycles. The minimum absolute atomic E-state index is 0.537. The lowest BCUT2D eigenvalue weighted by atomic mass is 9.66. The Morgan fingerprint density at radius 1 is 0.521 bits per heavy atom. The lowest BCUT2D eigenvalue weighted by molar-refractivity contribution is 0.436. The molecule has 0 atom stereocenters. The average Bonchev–Trinajstić information content (AvgIpc) is 3.67. The van der Waals surface area contributed by atoms with Crippen LogP contribution in [0.15, 0.2) is 164 Å². The Morgan fingerprint density at radius 3 is 1.92 bits per heavy atom. The summed E-state index contributed by atoms with van der Waals surface area (Å²) in [6.45, 7) is 0. The fraction of sp³-hybridized carbons (Fsp3) is 0.0227. The van der Waals surface area contributed by atoms with Gasteiger partial charge in [-0.05, 0) is 76.3 Å². The third kappa shape index (κ3) is 3.63. The fourth-order valence-corrected chi connectivity index (χ4v) is 8.03. The van der Waals surface area contributed by atoms with Crippen molar-refractivity contribution in [1.29, 1.82) is 0 Å². The van der Waals surface area contributed by atoms with E-state index in [4.69, 9.17) is 15.5 Å². The summed E-state index contributed by atoms with van der Waals surface area (Å²) in [6, 6.07) is 57.5. The van der Waals surface area contributed by atoms with Gasteiger partial charge in [0.2, 0.25) is 0 Å². The molecule has 2 heterocycles. The molecule has 8 aromatic rings. The summed E-state index contributed by atoms with van der Waals surface area (Å²) in [6.07, 6.45) is 0. The fourth-order valence-electron chi connectivity index (χ4n) is 8.03. The first kappa shape index (κ1) is 26.8. The minimum Gasteiger partial charge on any atom is -0.457 e. The summed E-state index contributed by atoms with van der Waals surface area (Å²) in [7, 11) is 0. The van der Waals surface area contributed by atoms with E-state index < -0.39 is 5.41 Å². The van der Waals surface area contributed by atoms with Crippen LogP contribution in [0.5, 0.6) is 11.5 Å². The maximum Gasteiger partial charge on any atom is 0.145 e. The molecule has 4 nitrogen and oxygen atoms in total. The summed E-state index contributed by atoms with van der Waals surface area (Å²) in [5.74, 6) is 2.67. The third-order valence-corrected chi connectivity index (χ3v) is 10.0. The molecule has 2 N–H and O–H groups in total. The highest BCUT2D eigenvalue weighted by molar-refractivity contribution is 5.95. The Hall–Kier alpha value is -6.39. The normalized spacial score (nSPS) is 13.4. The number of benzene rings is 7. The van der Waals surface area contributed by atoms with E-state index in [1.54, 1.807) is 0 Å². The standard InChI is InChI=1S/C44H29N3O/c45-37-16-10-15-36-42(37)32-27-30(25-26-33(32)44(36)34-13-4-8-19-40(34)48-41-20-9-5-14-35(41)44)28-21-23-29(24-22-28)43-46-38-17-6-7-18-39(38)47(43)31-11-2-1-3-12-31/h1-27H,45H2. The largest absolute Gasteiger partial charge is 0.457 e. The van der Waals surface area contributed by atoms with Crippen LogP contribution >= 0.6 is 0 Å². The second-order valence-corrected chi connectivity index (χ2v) is 12.5. The Labute approximate surface area is 278 Å². The maximum absolute atomic E-state index is 6.84. The van der Waals surface area contributed by atoms with Gasteiger partial charge in [0, 0.05) is 33.6 Å². The highest BCUT2D eigenvalue weighted by Crippen LogP contribution is 2.63. The van der Waals surface area contributed by atoms with Crippen molar-refractivity contribution in [2.24, 2.45) is 0 Å². The van der Waals surface area contributed by atoms with E-state index in [-0.39, 0.29) is 0 Å². The number of anilines is 1. The lowest BCUT2D eigenvalue weighted by Gasteiger charge is -2.39. The van der Waals surface area contributed by atoms with Gasteiger partial charge in [0.25, 0.3) is 0 Å². The van der Waals surface area contributed by atoms with Crippen LogP contribution in [-0.4, -0.2) is 9.55 Å². The number of nitrogens with zero attached hydrogens (tertiary/aromatic N) is 2. The number of imidazole rings is 1. The van der Waals surface area contributed by atoms with Crippen molar-refractivity contribution < 1.29 is 4.74 Å². The first-order chi connectivity index (χ1) is 23.7. The smallest absolute Gasteiger partial charge is 0.145 e. The van der Waals surface area contributed by atoms with Crippen LogP contribution in [-0.2, 0) is 5.41 Å². The molecule has 0 fully saturated rings. The molecule has 10 rings (SSSR count).